The van der Waals surface area contributed by atoms with Gasteiger partial charge in [-0.25, -0.2) is 0 Å². The third-order valence-electron chi connectivity index (χ3n) is 5.52. The quantitative estimate of drug-likeness (QED) is 0.685. The zero-order chi connectivity index (χ0) is 17.8. The molecule has 24 heavy (non-hydrogen) atoms. The van der Waals surface area contributed by atoms with E-state index in [1.54, 1.807) is 0 Å². The average Bonchev–Trinajstić information content (AvgIpc) is 2.53. The monoisotopic (exact) mass is 326 g/mol. The highest BCUT2D eigenvalue weighted by Gasteiger charge is 2.37. The van der Waals surface area contributed by atoms with Crippen molar-refractivity contribution >= 4 is 0 Å². The van der Waals surface area contributed by atoms with Gasteiger partial charge >= 0.3 is 0 Å². The van der Waals surface area contributed by atoms with E-state index >= 15 is 0 Å². The van der Waals surface area contributed by atoms with Gasteiger partial charge in [0.1, 0.15) is 18.4 Å². The van der Waals surface area contributed by atoms with Crippen LogP contribution in [0.2, 0.25) is 0 Å². The lowest BCUT2D eigenvalue weighted by molar-refractivity contribution is -0.956. The highest BCUT2D eigenvalue weighted by atomic mass is 16.5. The molecule has 130 valence electrons. The summed E-state index contributed by atoms with van der Waals surface area (Å²) in [6, 6.07) is 19.4. The van der Waals surface area contributed by atoms with E-state index in [0.717, 1.165) is 23.3 Å². The summed E-state index contributed by atoms with van der Waals surface area (Å²) in [6.45, 7) is 9.84. The first-order valence-electron chi connectivity index (χ1n) is 8.80. The zero-order valence-corrected chi connectivity index (χ0v) is 16.0. The molecule has 0 bridgehead atoms. The van der Waals surface area contributed by atoms with E-state index in [0.29, 0.717) is 6.04 Å². The summed E-state index contributed by atoms with van der Waals surface area (Å²) < 4.78 is 7.16. The Morgan fingerprint density at radius 2 is 1.50 bits per heavy atom. The molecule has 0 saturated heterocycles. The molecule has 2 aromatic rings. The molecule has 0 aliphatic heterocycles. The maximum atomic E-state index is 6.24. The predicted molar refractivity (Wildman–Crippen MR) is 103 cm³/mol. The van der Waals surface area contributed by atoms with Crippen LogP contribution in [-0.2, 0) is 6.42 Å². The molecule has 0 saturated carbocycles. The second-order valence-corrected chi connectivity index (χ2v) is 8.14. The number of quaternary nitrogens is 1. The first-order chi connectivity index (χ1) is 11.2. The van der Waals surface area contributed by atoms with Crippen LogP contribution in [0.4, 0.5) is 0 Å². The molecule has 0 spiro atoms. The Kier molecular flexibility index (Phi) is 5.71. The van der Waals surface area contributed by atoms with Crippen molar-refractivity contribution in [2.45, 2.75) is 45.7 Å². The van der Waals surface area contributed by atoms with Gasteiger partial charge in [0.25, 0.3) is 0 Å². The minimum absolute atomic E-state index is 0.187. The van der Waals surface area contributed by atoms with E-state index in [2.05, 4.69) is 96.4 Å². The van der Waals surface area contributed by atoms with Gasteiger partial charge in [-0.2, -0.15) is 0 Å². The van der Waals surface area contributed by atoms with Crippen LogP contribution >= 0.6 is 0 Å². The maximum Gasteiger partial charge on any atom is 0.140 e. The molecule has 1 unspecified atom stereocenters. The van der Waals surface area contributed by atoms with E-state index in [1.807, 2.05) is 0 Å². The van der Waals surface area contributed by atoms with E-state index in [1.165, 1.54) is 11.1 Å². The van der Waals surface area contributed by atoms with Gasteiger partial charge < -0.3 is 9.22 Å². The molecule has 0 amide bonds. The molecule has 0 aromatic heterocycles. The van der Waals surface area contributed by atoms with Crippen LogP contribution in [0.15, 0.2) is 54.6 Å². The molecule has 0 heterocycles. The number of hydrogen-bond acceptors (Lipinski definition) is 1. The van der Waals surface area contributed by atoms with Crippen LogP contribution < -0.4 is 4.74 Å². The molecule has 2 heteroatoms. The van der Waals surface area contributed by atoms with E-state index in [-0.39, 0.29) is 5.54 Å². The van der Waals surface area contributed by atoms with Crippen molar-refractivity contribution < 1.29 is 9.22 Å². The third kappa shape index (κ3) is 4.39. The van der Waals surface area contributed by atoms with Crippen LogP contribution in [0.3, 0.4) is 0 Å². The number of ether oxygens (including phenoxy) is 1. The summed E-state index contributed by atoms with van der Waals surface area (Å²) in [7, 11) is 4.56. The van der Waals surface area contributed by atoms with E-state index in [4.69, 9.17) is 4.74 Å². The van der Waals surface area contributed by atoms with Crippen LogP contribution in [0, 0.1) is 0 Å². The fourth-order valence-corrected chi connectivity index (χ4v) is 2.66. The Morgan fingerprint density at radius 3 is 2.12 bits per heavy atom. The Bertz CT molecular complexity index is 641. The smallest absolute Gasteiger partial charge is 0.140 e. The number of hydrogen-bond donors (Lipinski definition) is 0. The molecule has 0 aliphatic carbocycles. The largest absolute Gasteiger partial charge is 0.487 e. The van der Waals surface area contributed by atoms with Gasteiger partial charge in [-0.1, -0.05) is 48.5 Å². The minimum Gasteiger partial charge on any atom is -0.487 e. The standard InChI is InChI=1S/C22H32NO/c1-18(23(5,6)22(2,3)4)17-24-21-15-11-10-14-20(21)16-19-12-8-7-9-13-19/h7-15,18H,16-17H2,1-6H3/q+1. The minimum atomic E-state index is 0.187. The van der Waals surface area contributed by atoms with Crippen molar-refractivity contribution in [2.24, 2.45) is 0 Å². The molecular formula is C22H32NO+. The molecule has 0 N–H and O–H groups in total. The van der Waals surface area contributed by atoms with Crippen molar-refractivity contribution in [3.8, 4) is 5.75 Å². The highest BCUT2D eigenvalue weighted by molar-refractivity contribution is 5.37. The lowest BCUT2D eigenvalue weighted by Gasteiger charge is -2.46. The summed E-state index contributed by atoms with van der Waals surface area (Å²) >= 11 is 0. The van der Waals surface area contributed by atoms with Crippen LogP contribution in [-0.4, -0.2) is 36.8 Å². The van der Waals surface area contributed by atoms with Gasteiger partial charge in [-0.15, -0.1) is 0 Å². The molecule has 0 aliphatic rings. The Morgan fingerprint density at radius 1 is 0.917 bits per heavy atom. The van der Waals surface area contributed by atoms with Crippen molar-refractivity contribution in [1.82, 2.24) is 0 Å². The molecule has 0 radical (unpaired) electrons. The van der Waals surface area contributed by atoms with Crippen molar-refractivity contribution in [2.75, 3.05) is 20.7 Å². The summed E-state index contributed by atoms with van der Waals surface area (Å²) in [5.41, 5.74) is 2.75. The lowest BCUT2D eigenvalue weighted by atomic mass is 10.0. The first-order valence-corrected chi connectivity index (χ1v) is 8.80. The average molecular weight is 327 g/mol. The zero-order valence-electron chi connectivity index (χ0n) is 16.0. The number of nitrogens with zero attached hydrogens (tertiary/aromatic N) is 1. The predicted octanol–water partition coefficient (Wildman–Crippen LogP) is 4.92. The molecule has 2 aromatic carbocycles. The van der Waals surface area contributed by atoms with Crippen molar-refractivity contribution in [1.29, 1.82) is 0 Å². The van der Waals surface area contributed by atoms with Crippen LogP contribution in [0.1, 0.15) is 38.8 Å². The van der Waals surface area contributed by atoms with Gasteiger partial charge in [0.2, 0.25) is 0 Å². The number of para-hydroxylation sites is 1. The van der Waals surface area contributed by atoms with Gasteiger partial charge in [0.15, 0.2) is 0 Å². The Hall–Kier alpha value is -1.80. The Labute approximate surface area is 147 Å². The van der Waals surface area contributed by atoms with Gasteiger partial charge in [-0.3, -0.25) is 0 Å². The van der Waals surface area contributed by atoms with Gasteiger partial charge in [0, 0.05) is 6.42 Å². The lowest BCUT2D eigenvalue weighted by Crippen LogP contribution is -2.60. The first kappa shape index (κ1) is 18.5. The second kappa shape index (κ2) is 7.40. The maximum absolute atomic E-state index is 6.24. The van der Waals surface area contributed by atoms with Gasteiger partial charge in [0.05, 0.1) is 19.6 Å². The molecular weight excluding hydrogens is 294 g/mol. The SMILES string of the molecule is CC(COc1ccccc1Cc1ccccc1)[N+](C)(C)C(C)(C)C. The number of benzene rings is 2. The topological polar surface area (TPSA) is 9.23 Å². The fraction of sp³-hybridized carbons (Fsp3) is 0.455. The van der Waals surface area contributed by atoms with Crippen LogP contribution in [0.5, 0.6) is 5.75 Å². The molecule has 0 fully saturated rings. The second-order valence-electron chi connectivity index (χ2n) is 8.14. The third-order valence-corrected chi connectivity index (χ3v) is 5.52. The Balaban J connectivity index is 2.08. The number of likely N-dealkylation sites (N-methyl/N-ethyl adjacent to an activating group) is 1. The van der Waals surface area contributed by atoms with Crippen molar-refractivity contribution in [3.05, 3.63) is 65.7 Å². The fourth-order valence-electron chi connectivity index (χ4n) is 2.66. The molecule has 1 atom stereocenters. The summed E-state index contributed by atoms with van der Waals surface area (Å²) in [5.74, 6) is 1.00. The highest BCUT2D eigenvalue weighted by Crippen LogP contribution is 2.26. The number of rotatable bonds is 6. The van der Waals surface area contributed by atoms with Gasteiger partial charge in [-0.05, 0) is 44.9 Å². The summed E-state index contributed by atoms with van der Waals surface area (Å²) in [5, 5.41) is 0. The molecule has 2 nitrogen and oxygen atoms in total. The van der Waals surface area contributed by atoms with E-state index < -0.39 is 0 Å². The van der Waals surface area contributed by atoms with E-state index in [9.17, 15) is 0 Å². The summed E-state index contributed by atoms with van der Waals surface area (Å²) in [4.78, 5) is 0. The summed E-state index contributed by atoms with van der Waals surface area (Å²) in [6.07, 6.45) is 0.906. The molecule has 2 rings (SSSR count). The van der Waals surface area contributed by atoms with Crippen LogP contribution in [0.25, 0.3) is 0 Å². The normalized spacial score (nSPS) is 13.6. The van der Waals surface area contributed by atoms with Crippen molar-refractivity contribution in [3.63, 3.8) is 0 Å².